The fourth-order valence-electron chi connectivity index (χ4n) is 9.28. The van der Waals surface area contributed by atoms with E-state index in [1.165, 1.54) is 51.4 Å². The van der Waals surface area contributed by atoms with Crippen LogP contribution in [0.15, 0.2) is 0 Å². The number of unbranched alkanes of at least 4 members (excludes halogenated alkanes) is 1. The molecule has 8 unspecified atom stereocenters. The molecule has 0 spiro atoms. The van der Waals surface area contributed by atoms with E-state index in [0.29, 0.717) is 17.8 Å². The Bertz CT molecular complexity index is 656. The molecule has 38 heavy (non-hydrogen) atoms. The van der Waals surface area contributed by atoms with Crippen LogP contribution < -0.4 is 0 Å². The molecule has 0 aliphatic heterocycles. The molecule has 4 saturated carbocycles. The minimum Gasteiger partial charge on any atom is -0.375 e. The maximum absolute atomic E-state index is 15.6. The summed E-state index contributed by atoms with van der Waals surface area (Å²) in [6, 6.07) is 0. The van der Waals surface area contributed by atoms with Gasteiger partial charge in [0.1, 0.15) is 18.5 Å². The van der Waals surface area contributed by atoms with Crippen LogP contribution in [0.4, 0.5) is 13.2 Å². The highest BCUT2D eigenvalue weighted by molar-refractivity contribution is 4.95. The topological polar surface area (TPSA) is 9.23 Å². The fourth-order valence-corrected chi connectivity index (χ4v) is 9.28. The zero-order valence-electron chi connectivity index (χ0n) is 24.9. The highest BCUT2D eigenvalue weighted by Gasteiger charge is 2.47. The Morgan fingerprint density at radius 2 is 1.26 bits per heavy atom. The summed E-state index contributed by atoms with van der Waals surface area (Å²) in [6.07, 6.45) is 16.6. The number of alkyl halides is 3. The highest BCUT2D eigenvalue weighted by Crippen LogP contribution is 2.47. The first-order valence-electron chi connectivity index (χ1n) is 17.0. The normalized spacial score (nSPS) is 43.6. The third-order valence-electron chi connectivity index (χ3n) is 11.6. The monoisotopic (exact) mass is 540 g/mol. The van der Waals surface area contributed by atoms with Gasteiger partial charge in [-0.25, -0.2) is 13.2 Å². The highest BCUT2D eigenvalue weighted by atomic mass is 19.2. The van der Waals surface area contributed by atoms with Crippen molar-refractivity contribution in [2.75, 3.05) is 0 Å². The van der Waals surface area contributed by atoms with Crippen molar-refractivity contribution >= 4 is 0 Å². The first kappa shape index (κ1) is 30.7. The van der Waals surface area contributed by atoms with Gasteiger partial charge in [-0.15, -0.1) is 0 Å². The molecule has 8 atom stereocenters. The molecule has 4 rings (SSSR count). The SMILES string of the molecule is CCCCC1CCC(C2CCC(OC(CC)C3CCC(C4CCC(CCC)CC4)C(F)C3F)CC2)C(F)C1. The molecule has 4 fully saturated rings. The summed E-state index contributed by atoms with van der Waals surface area (Å²) in [5.41, 5.74) is 0. The van der Waals surface area contributed by atoms with Gasteiger partial charge in [0.15, 0.2) is 0 Å². The number of hydrogen-bond acceptors (Lipinski definition) is 1. The van der Waals surface area contributed by atoms with Gasteiger partial charge in [0, 0.05) is 5.92 Å². The van der Waals surface area contributed by atoms with Crippen molar-refractivity contribution in [1.29, 1.82) is 0 Å². The van der Waals surface area contributed by atoms with Crippen molar-refractivity contribution < 1.29 is 17.9 Å². The minimum atomic E-state index is -1.39. The van der Waals surface area contributed by atoms with E-state index in [9.17, 15) is 0 Å². The van der Waals surface area contributed by atoms with Gasteiger partial charge in [-0.1, -0.05) is 65.7 Å². The van der Waals surface area contributed by atoms with Gasteiger partial charge in [0.25, 0.3) is 0 Å². The molecule has 0 heterocycles. The first-order chi connectivity index (χ1) is 18.4. The van der Waals surface area contributed by atoms with Gasteiger partial charge in [0.2, 0.25) is 0 Å². The van der Waals surface area contributed by atoms with Gasteiger partial charge in [0.05, 0.1) is 12.2 Å². The van der Waals surface area contributed by atoms with Crippen molar-refractivity contribution in [2.24, 2.45) is 41.4 Å². The van der Waals surface area contributed by atoms with E-state index < -0.39 is 18.5 Å². The third kappa shape index (κ3) is 7.73. The lowest BCUT2D eigenvalue weighted by molar-refractivity contribution is -0.114. The van der Waals surface area contributed by atoms with E-state index in [0.717, 1.165) is 76.5 Å². The molecule has 4 aliphatic carbocycles. The molecular formula is C34H59F3O. The lowest BCUT2D eigenvalue weighted by Gasteiger charge is -2.44. The van der Waals surface area contributed by atoms with Crippen LogP contribution >= 0.6 is 0 Å². The van der Waals surface area contributed by atoms with Gasteiger partial charge in [-0.05, 0) is 113 Å². The van der Waals surface area contributed by atoms with Crippen molar-refractivity contribution in [3.63, 3.8) is 0 Å². The van der Waals surface area contributed by atoms with Gasteiger partial charge < -0.3 is 4.74 Å². The average molecular weight is 541 g/mol. The Balaban J connectivity index is 1.22. The molecule has 0 aromatic heterocycles. The maximum Gasteiger partial charge on any atom is 0.137 e. The molecule has 0 N–H and O–H groups in total. The second-order valence-corrected chi connectivity index (χ2v) is 14.0. The molecule has 4 aliphatic rings. The van der Waals surface area contributed by atoms with E-state index in [-0.39, 0.29) is 30.0 Å². The molecule has 0 aromatic rings. The molecule has 222 valence electrons. The molecule has 0 amide bonds. The van der Waals surface area contributed by atoms with Gasteiger partial charge >= 0.3 is 0 Å². The molecule has 1 nitrogen and oxygen atoms in total. The van der Waals surface area contributed by atoms with Crippen LogP contribution in [0.5, 0.6) is 0 Å². The second kappa shape index (κ2) is 15.1. The summed E-state index contributed by atoms with van der Waals surface area (Å²) in [4.78, 5) is 0. The number of rotatable bonds is 11. The van der Waals surface area contributed by atoms with E-state index in [4.69, 9.17) is 4.74 Å². The summed E-state index contributed by atoms with van der Waals surface area (Å²) < 4.78 is 52.8. The second-order valence-electron chi connectivity index (χ2n) is 14.0. The predicted octanol–water partition coefficient (Wildman–Crippen LogP) is 10.6. The van der Waals surface area contributed by atoms with Crippen LogP contribution in [0.1, 0.15) is 143 Å². The zero-order valence-corrected chi connectivity index (χ0v) is 24.9. The molecular weight excluding hydrogens is 481 g/mol. The summed E-state index contributed by atoms with van der Waals surface area (Å²) in [5, 5.41) is 0. The molecule has 0 radical (unpaired) electrons. The summed E-state index contributed by atoms with van der Waals surface area (Å²) >= 11 is 0. The van der Waals surface area contributed by atoms with Gasteiger partial charge in [-0.3, -0.25) is 0 Å². The van der Waals surface area contributed by atoms with Gasteiger partial charge in [-0.2, -0.15) is 0 Å². The number of hydrogen-bond donors (Lipinski definition) is 0. The van der Waals surface area contributed by atoms with Crippen molar-refractivity contribution in [1.82, 2.24) is 0 Å². The Kier molecular flexibility index (Phi) is 12.2. The lowest BCUT2D eigenvalue weighted by atomic mass is 9.66. The van der Waals surface area contributed by atoms with E-state index in [1.807, 2.05) is 0 Å². The summed E-state index contributed by atoms with van der Waals surface area (Å²) in [5.74, 6) is 2.06. The predicted molar refractivity (Wildman–Crippen MR) is 153 cm³/mol. The number of ether oxygens (including phenoxy) is 1. The zero-order chi connectivity index (χ0) is 27.1. The molecule has 4 heteroatoms. The van der Waals surface area contributed by atoms with Crippen LogP contribution in [-0.2, 0) is 4.74 Å². The Morgan fingerprint density at radius 1 is 0.632 bits per heavy atom. The Hall–Kier alpha value is -0.250. The van der Waals surface area contributed by atoms with Crippen LogP contribution in [0.2, 0.25) is 0 Å². The summed E-state index contributed by atoms with van der Waals surface area (Å²) in [7, 11) is 0. The molecule has 0 saturated heterocycles. The smallest absolute Gasteiger partial charge is 0.137 e. The molecule has 0 aromatic carbocycles. The number of halogens is 3. The summed E-state index contributed by atoms with van der Waals surface area (Å²) in [6.45, 7) is 6.54. The van der Waals surface area contributed by atoms with Crippen LogP contribution in [0.25, 0.3) is 0 Å². The lowest BCUT2D eigenvalue weighted by Crippen LogP contribution is -2.47. The Morgan fingerprint density at radius 3 is 1.89 bits per heavy atom. The van der Waals surface area contributed by atoms with E-state index in [2.05, 4.69) is 20.8 Å². The standard InChI is InChI=1S/C34H59F3O/c1-4-7-9-24-12-19-28(31(35)22-24)25-15-17-27(18-16-25)38-32(6-3)30-21-20-29(33(36)34(30)37)26-13-10-23(8-5-2)11-14-26/h23-34H,4-22H2,1-3H3. The van der Waals surface area contributed by atoms with Crippen molar-refractivity contribution in [3.8, 4) is 0 Å². The largest absolute Gasteiger partial charge is 0.375 e. The Labute approximate surface area is 232 Å². The average Bonchev–Trinajstić information content (AvgIpc) is 2.93. The minimum absolute atomic E-state index is 0.0949. The first-order valence-corrected chi connectivity index (χ1v) is 17.0. The fraction of sp³-hybridized carbons (Fsp3) is 1.00. The van der Waals surface area contributed by atoms with Crippen LogP contribution in [0.3, 0.4) is 0 Å². The third-order valence-corrected chi connectivity index (χ3v) is 11.6. The quantitative estimate of drug-likeness (QED) is 0.253. The van der Waals surface area contributed by atoms with E-state index in [1.54, 1.807) is 0 Å². The maximum atomic E-state index is 15.6. The molecule has 0 bridgehead atoms. The van der Waals surface area contributed by atoms with Crippen molar-refractivity contribution in [3.05, 3.63) is 0 Å². The van der Waals surface area contributed by atoms with E-state index >= 15 is 13.2 Å². The van der Waals surface area contributed by atoms with Crippen LogP contribution in [-0.4, -0.2) is 30.7 Å². The van der Waals surface area contributed by atoms with Crippen LogP contribution in [0, 0.1) is 41.4 Å². The van der Waals surface area contributed by atoms with Crippen molar-refractivity contribution in [2.45, 2.75) is 173 Å².